The number of benzene rings is 1. The van der Waals surface area contributed by atoms with Crippen molar-refractivity contribution in [3.8, 4) is 0 Å². The van der Waals surface area contributed by atoms with Crippen molar-refractivity contribution in [2.45, 2.75) is 18.9 Å². The average molecular weight is 321 g/mol. The highest BCUT2D eigenvalue weighted by atomic mass is 16.5. The predicted octanol–water partition coefficient (Wildman–Crippen LogP) is 3.36. The molecule has 0 saturated carbocycles. The minimum Gasteiger partial charge on any atom is -0.376 e. The van der Waals surface area contributed by atoms with Crippen molar-refractivity contribution in [3.05, 3.63) is 48.8 Å². The maximum atomic E-state index is 5.62. The molecular weight excluding hydrogens is 302 g/mol. The van der Waals surface area contributed by atoms with Crippen LogP contribution in [0.3, 0.4) is 0 Å². The van der Waals surface area contributed by atoms with Crippen LogP contribution in [0.1, 0.15) is 12.8 Å². The number of pyridine rings is 1. The maximum absolute atomic E-state index is 5.62. The molecule has 1 aliphatic heterocycles. The molecule has 2 aromatic heterocycles. The Morgan fingerprint density at radius 3 is 2.96 bits per heavy atom. The smallest absolute Gasteiger partial charge is 0.229 e. The molecule has 0 bridgehead atoms. The van der Waals surface area contributed by atoms with Gasteiger partial charge in [0.05, 0.1) is 17.3 Å². The zero-order valence-electron chi connectivity index (χ0n) is 13.3. The summed E-state index contributed by atoms with van der Waals surface area (Å²) >= 11 is 0. The Labute approximate surface area is 140 Å². The van der Waals surface area contributed by atoms with Gasteiger partial charge in [-0.1, -0.05) is 18.2 Å². The van der Waals surface area contributed by atoms with Crippen molar-refractivity contribution in [3.63, 3.8) is 0 Å². The van der Waals surface area contributed by atoms with Crippen molar-refractivity contribution in [1.82, 2.24) is 15.0 Å². The molecule has 2 N–H and O–H groups in total. The summed E-state index contributed by atoms with van der Waals surface area (Å²) in [6.07, 6.45) is 6.04. The van der Waals surface area contributed by atoms with Gasteiger partial charge in [-0.05, 0) is 31.0 Å². The number of fused-ring (bicyclic) bond motifs is 1. The molecule has 1 fully saturated rings. The van der Waals surface area contributed by atoms with Crippen LogP contribution in [0.5, 0.6) is 0 Å². The molecule has 6 nitrogen and oxygen atoms in total. The lowest BCUT2D eigenvalue weighted by Gasteiger charge is -2.12. The SMILES string of the molecule is c1cnc2c(Nc3nccc(NCC4CCCO4)n3)cccc2c1. The number of nitrogens with zero attached hydrogens (tertiary/aromatic N) is 3. The molecule has 1 atom stereocenters. The van der Waals surface area contributed by atoms with Gasteiger partial charge in [0.2, 0.25) is 5.95 Å². The highest BCUT2D eigenvalue weighted by Crippen LogP contribution is 2.23. The molecule has 3 aromatic rings. The molecule has 1 aliphatic rings. The van der Waals surface area contributed by atoms with E-state index < -0.39 is 0 Å². The normalized spacial score (nSPS) is 17.1. The minimum absolute atomic E-state index is 0.277. The summed E-state index contributed by atoms with van der Waals surface area (Å²) in [6, 6.07) is 11.8. The second kappa shape index (κ2) is 6.80. The molecule has 0 aliphatic carbocycles. The van der Waals surface area contributed by atoms with Crippen LogP contribution in [-0.2, 0) is 4.74 Å². The first-order chi connectivity index (χ1) is 11.9. The van der Waals surface area contributed by atoms with Crippen molar-refractivity contribution in [2.75, 3.05) is 23.8 Å². The van der Waals surface area contributed by atoms with Crippen LogP contribution in [0.4, 0.5) is 17.5 Å². The summed E-state index contributed by atoms with van der Waals surface area (Å²) < 4.78 is 5.62. The average Bonchev–Trinajstić information content (AvgIpc) is 3.14. The third-order valence-electron chi connectivity index (χ3n) is 4.07. The molecule has 1 unspecified atom stereocenters. The fraction of sp³-hybridized carbons (Fsp3) is 0.278. The van der Waals surface area contributed by atoms with Crippen molar-refractivity contribution in [1.29, 1.82) is 0 Å². The summed E-state index contributed by atoms with van der Waals surface area (Å²) in [5.74, 6) is 1.33. The summed E-state index contributed by atoms with van der Waals surface area (Å²) in [4.78, 5) is 13.3. The first-order valence-corrected chi connectivity index (χ1v) is 8.18. The number of nitrogens with one attached hydrogen (secondary N) is 2. The Hall–Kier alpha value is -2.73. The van der Waals surface area contributed by atoms with Gasteiger partial charge in [0.15, 0.2) is 0 Å². The second-order valence-corrected chi connectivity index (χ2v) is 5.79. The standard InChI is InChI=1S/C18H19N5O/c1-4-13-5-2-9-19-17(13)15(7-1)22-18-20-10-8-16(23-18)21-12-14-6-3-11-24-14/h1-2,4-5,7-10,14H,3,6,11-12H2,(H2,20,21,22,23). The van der Waals surface area contributed by atoms with Crippen LogP contribution in [0, 0.1) is 0 Å². The largest absolute Gasteiger partial charge is 0.376 e. The molecule has 24 heavy (non-hydrogen) atoms. The molecule has 0 amide bonds. The minimum atomic E-state index is 0.277. The summed E-state index contributed by atoms with van der Waals surface area (Å²) in [5, 5.41) is 7.66. The summed E-state index contributed by atoms with van der Waals surface area (Å²) in [5.41, 5.74) is 1.80. The molecule has 122 valence electrons. The van der Waals surface area contributed by atoms with Gasteiger partial charge in [0.25, 0.3) is 0 Å². The Kier molecular flexibility index (Phi) is 4.20. The molecule has 1 aromatic carbocycles. The number of anilines is 3. The zero-order chi connectivity index (χ0) is 16.2. The van der Waals surface area contributed by atoms with Gasteiger partial charge in [-0.3, -0.25) is 4.98 Å². The molecule has 6 heteroatoms. The van der Waals surface area contributed by atoms with Crippen molar-refractivity contribution in [2.24, 2.45) is 0 Å². The van der Waals surface area contributed by atoms with Crippen LogP contribution in [0.15, 0.2) is 48.8 Å². The topological polar surface area (TPSA) is 72.0 Å². The van der Waals surface area contributed by atoms with Gasteiger partial charge < -0.3 is 15.4 Å². The van der Waals surface area contributed by atoms with E-state index in [9.17, 15) is 0 Å². The van der Waals surface area contributed by atoms with E-state index in [1.54, 1.807) is 12.4 Å². The number of para-hydroxylation sites is 1. The molecular formula is C18H19N5O. The monoisotopic (exact) mass is 321 g/mol. The van der Waals surface area contributed by atoms with Gasteiger partial charge in [-0.25, -0.2) is 4.98 Å². The Bertz CT molecular complexity index is 827. The Balaban J connectivity index is 1.50. The highest BCUT2D eigenvalue weighted by Gasteiger charge is 2.15. The van der Waals surface area contributed by atoms with Crippen molar-refractivity contribution < 1.29 is 4.74 Å². The fourth-order valence-electron chi connectivity index (χ4n) is 2.87. The number of hydrogen-bond acceptors (Lipinski definition) is 6. The van der Waals surface area contributed by atoms with E-state index >= 15 is 0 Å². The maximum Gasteiger partial charge on any atom is 0.229 e. The van der Waals surface area contributed by atoms with Gasteiger partial charge in [-0.2, -0.15) is 4.98 Å². The van der Waals surface area contributed by atoms with Gasteiger partial charge in [0, 0.05) is 30.9 Å². The Morgan fingerprint density at radius 1 is 1.08 bits per heavy atom. The quantitative estimate of drug-likeness (QED) is 0.751. The Morgan fingerprint density at radius 2 is 2.04 bits per heavy atom. The summed E-state index contributed by atoms with van der Waals surface area (Å²) in [6.45, 7) is 1.63. The van der Waals surface area contributed by atoms with Gasteiger partial charge in [-0.15, -0.1) is 0 Å². The van der Waals surface area contributed by atoms with Crippen LogP contribution in [0.25, 0.3) is 10.9 Å². The fourth-order valence-corrected chi connectivity index (χ4v) is 2.87. The number of aromatic nitrogens is 3. The summed E-state index contributed by atoms with van der Waals surface area (Å²) in [7, 11) is 0. The number of hydrogen-bond donors (Lipinski definition) is 2. The molecule has 4 rings (SSSR count). The van der Waals surface area contributed by atoms with Crippen molar-refractivity contribution >= 4 is 28.4 Å². The number of rotatable bonds is 5. The number of ether oxygens (including phenoxy) is 1. The zero-order valence-corrected chi connectivity index (χ0v) is 13.3. The molecule has 0 spiro atoms. The van der Waals surface area contributed by atoms with E-state index in [1.807, 2.05) is 36.4 Å². The van der Waals surface area contributed by atoms with Crippen LogP contribution < -0.4 is 10.6 Å². The lowest BCUT2D eigenvalue weighted by atomic mass is 10.2. The molecule has 1 saturated heterocycles. The van der Waals surface area contributed by atoms with E-state index in [0.29, 0.717) is 5.95 Å². The highest BCUT2D eigenvalue weighted by molar-refractivity contribution is 5.91. The van der Waals surface area contributed by atoms with E-state index in [2.05, 4.69) is 25.6 Å². The van der Waals surface area contributed by atoms with Crippen LogP contribution in [0.2, 0.25) is 0 Å². The third-order valence-corrected chi connectivity index (χ3v) is 4.07. The lowest BCUT2D eigenvalue weighted by molar-refractivity contribution is 0.120. The van der Waals surface area contributed by atoms with Crippen LogP contribution in [-0.4, -0.2) is 34.2 Å². The van der Waals surface area contributed by atoms with E-state index in [-0.39, 0.29) is 6.10 Å². The van der Waals surface area contributed by atoms with Gasteiger partial charge in [0.1, 0.15) is 5.82 Å². The predicted molar refractivity (Wildman–Crippen MR) is 94.5 cm³/mol. The first kappa shape index (κ1) is 14.8. The second-order valence-electron chi connectivity index (χ2n) is 5.79. The lowest BCUT2D eigenvalue weighted by Crippen LogP contribution is -2.19. The molecule has 3 heterocycles. The first-order valence-electron chi connectivity index (χ1n) is 8.18. The molecule has 0 radical (unpaired) electrons. The van der Waals surface area contributed by atoms with E-state index in [4.69, 9.17) is 4.74 Å². The van der Waals surface area contributed by atoms with Crippen LogP contribution >= 0.6 is 0 Å². The third kappa shape index (κ3) is 3.28. The van der Waals surface area contributed by atoms with E-state index in [1.165, 1.54) is 0 Å². The van der Waals surface area contributed by atoms with E-state index in [0.717, 1.165) is 48.4 Å². The van der Waals surface area contributed by atoms with Gasteiger partial charge >= 0.3 is 0 Å².